The van der Waals surface area contributed by atoms with E-state index in [1.165, 1.54) is 0 Å². The van der Waals surface area contributed by atoms with Crippen molar-refractivity contribution in [2.45, 2.75) is 12.3 Å². The SMILES string of the molecule is CSCc1nc2ccccc2n1CC(=O)NNC(=O)c1ccc(Cl)cc1. The van der Waals surface area contributed by atoms with Crippen molar-refractivity contribution in [3.8, 4) is 0 Å². The maximum absolute atomic E-state index is 12.3. The molecule has 2 amide bonds. The summed E-state index contributed by atoms with van der Waals surface area (Å²) in [5.41, 5.74) is 6.99. The Morgan fingerprint density at radius 2 is 1.85 bits per heavy atom. The molecule has 26 heavy (non-hydrogen) atoms. The normalized spacial score (nSPS) is 10.7. The van der Waals surface area contributed by atoms with E-state index >= 15 is 0 Å². The van der Waals surface area contributed by atoms with E-state index in [0.29, 0.717) is 16.3 Å². The van der Waals surface area contributed by atoms with Gasteiger partial charge in [-0.3, -0.25) is 20.4 Å². The molecule has 0 radical (unpaired) electrons. The number of para-hydroxylation sites is 2. The Hall–Kier alpha value is -2.51. The third-order valence-corrected chi connectivity index (χ3v) is 4.53. The zero-order valence-electron chi connectivity index (χ0n) is 14.0. The highest BCUT2D eigenvalue weighted by Gasteiger charge is 2.14. The fourth-order valence-electron chi connectivity index (χ4n) is 2.52. The van der Waals surface area contributed by atoms with Crippen molar-refractivity contribution in [3.63, 3.8) is 0 Å². The molecule has 2 aromatic carbocycles. The quantitative estimate of drug-likeness (QED) is 0.659. The zero-order valence-corrected chi connectivity index (χ0v) is 15.6. The van der Waals surface area contributed by atoms with E-state index in [1.807, 2.05) is 35.1 Å². The molecule has 0 saturated carbocycles. The summed E-state index contributed by atoms with van der Waals surface area (Å²) in [6, 6.07) is 14.1. The van der Waals surface area contributed by atoms with E-state index in [0.717, 1.165) is 16.9 Å². The number of benzene rings is 2. The largest absolute Gasteiger partial charge is 0.318 e. The van der Waals surface area contributed by atoms with Crippen LogP contribution < -0.4 is 10.9 Å². The third-order valence-electron chi connectivity index (χ3n) is 3.73. The number of halogens is 1. The third kappa shape index (κ3) is 4.17. The first-order valence-corrected chi connectivity index (χ1v) is 9.63. The van der Waals surface area contributed by atoms with Gasteiger partial charge in [-0.05, 0) is 42.7 Å². The van der Waals surface area contributed by atoms with Crippen LogP contribution in [-0.4, -0.2) is 27.6 Å². The average molecular weight is 389 g/mol. The minimum Gasteiger partial charge on any atom is -0.318 e. The van der Waals surface area contributed by atoms with E-state index in [-0.39, 0.29) is 12.5 Å². The monoisotopic (exact) mass is 388 g/mol. The van der Waals surface area contributed by atoms with Crippen LogP contribution in [0, 0.1) is 0 Å². The molecule has 134 valence electrons. The predicted octanol–water partition coefficient (Wildman–Crippen LogP) is 3.01. The molecule has 0 fully saturated rings. The Bertz CT molecular complexity index is 940. The molecule has 0 spiro atoms. The minimum absolute atomic E-state index is 0.0668. The second-order valence-electron chi connectivity index (χ2n) is 5.55. The van der Waals surface area contributed by atoms with Crippen LogP contribution in [0.1, 0.15) is 16.2 Å². The van der Waals surface area contributed by atoms with Gasteiger partial charge in [-0.1, -0.05) is 23.7 Å². The van der Waals surface area contributed by atoms with Gasteiger partial charge in [-0.15, -0.1) is 0 Å². The summed E-state index contributed by atoms with van der Waals surface area (Å²) in [7, 11) is 0. The van der Waals surface area contributed by atoms with Gasteiger partial charge in [-0.2, -0.15) is 11.8 Å². The number of aromatic nitrogens is 2. The van der Waals surface area contributed by atoms with Crippen molar-refractivity contribution in [1.82, 2.24) is 20.4 Å². The van der Waals surface area contributed by atoms with E-state index in [4.69, 9.17) is 11.6 Å². The Morgan fingerprint density at radius 3 is 2.58 bits per heavy atom. The number of imidazole rings is 1. The summed E-state index contributed by atoms with van der Waals surface area (Å²) < 4.78 is 1.86. The van der Waals surface area contributed by atoms with Gasteiger partial charge in [0.1, 0.15) is 12.4 Å². The highest BCUT2D eigenvalue weighted by molar-refractivity contribution is 7.97. The molecule has 0 saturated heterocycles. The van der Waals surface area contributed by atoms with Crippen molar-refractivity contribution >= 4 is 46.2 Å². The predicted molar refractivity (Wildman–Crippen MR) is 104 cm³/mol. The lowest BCUT2D eigenvalue weighted by atomic mass is 10.2. The van der Waals surface area contributed by atoms with Gasteiger partial charge in [0.25, 0.3) is 11.8 Å². The minimum atomic E-state index is -0.408. The molecule has 0 aliphatic carbocycles. The summed E-state index contributed by atoms with van der Waals surface area (Å²) in [5.74, 6) is 0.768. The van der Waals surface area contributed by atoms with Crippen molar-refractivity contribution in [1.29, 1.82) is 0 Å². The molecule has 3 aromatic rings. The molecule has 0 atom stereocenters. The molecule has 1 aromatic heterocycles. The second-order valence-corrected chi connectivity index (χ2v) is 6.85. The number of hydrazine groups is 1. The van der Waals surface area contributed by atoms with Crippen LogP contribution in [0.3, 0.4) is 0 Å². The topological polar surface area (TPSA) is 76.0 Å². The summed E-state index contributed by atoms with van der Waals surface area (Å²) in [6.45, 7) is 0.0668. The Labute approximate surface area is 159 Å². The molecule has 8 heteroatoms. The lowest BCUT2D eigenvalue weighted by Crippen LogP contribution is -2.43. The first-order valence-electron chi connectivity index (χ1n) is 7.86. The lowest BCUT2D eigenvalue weighted by molar-refractivity contribution is -0.122. The number of carbonyl (C=O) groups is 2. The molecule has 1 heterocycles. The van der Waals surface area contributed by atoms with E-state index < -0.39 is 5.91 Å². The molecule has 0 bridgehead atoms. The van der Waals surface area contributed by atoms with Crippen LogP contribution in [0.4, 0.5) is 0 Å². The highest BCUT2D eigenvalue weighted by Crippen LogP contribution is 2.18. The zero-order chi connectivity index (χ0) is 18.5. The molecule has 3 rings (SSSR count). The van der Waals surface area contributed by atoms with E-state index in [9.17, 15) is 9.59 Å². The molecular formula is C18H17ClN4O2S. The van der Waals surface area contributed by atoms with Crippen LogP contribution in [0.15, 0.2) is 48.5 Å². The molecule has 2 N–H and O–H groups in total. The second kappa shape index (κ2) is 8.25. The van der Waals surface area contributed by atoms with Gasteiger partial charge in [0.15, 0.2) is 0 Å². The van der Waals surface area contributed by atoms with Gasteiger partial charge in [-0.25, -0.2) is 4.98 Å². The van der Waals surface area contributed by atoms with Crippen LogP contribution in [0.2, 0.25) is 5.02 Å². The number of rotatable bonds is 5. The fraction of sp³-hybridized carbons (Fsp3) is 0.167. The summed E-state index contributed by atoms with van der Waals surface area (Å²) in [4.78, 5) is 28.9. The van der Waals surface area contributed by atoms with Crippen LogP contribution in [-0.2, 0) is 17.1 Å². The van der Waals surface area contributed by atoms with Crippen LogP contribution in [0.25, 0.3) is 11.0 Å². The standard InChI is InChI=1S/C18H17ClN4O2S/c1-26-11-16-20-14-4-2-3-5-15(14)23(16)10-17(24)21-22-18(25)12-6-8-13(19)9-7-12/h2-9H,10-11H2,1H3,(H,21,24)(H,22,25). The van der Waals surface area contributed by atoms with Crippen LogP contribution in [0.5, 0.6) is 0 Å². The van der Waals surface area contributed by atoms with Gasteiger partial charge in [0.2, 0.25) is 0 Å². The smallest absolute Gasteiger partial charge is 0.269 e. The van der Waals surface area contributed by atoms with Crippen molar-refractivity contribution in [3.05, 3.63) is 64.9 Å². The van der Waals surface area contributed by atoms with Crippen molar-refractivity contribution < 1.29 is 9.59 Å². The molecule has 0 aliphatic heterocycles. The Kier molecular flexibility index (Phi) is 5.80. The maximum Gasteiger partial charge on any atom is 0.269 e. The van der Waals surface area contributed by atoms with Crippen molar-refractivity contribution in [2.75, 3.05) is 6.26 Å². The van der Waals surface area contributed by atoms with Gasteiger partial charge in [0.05, 0.1) is 16.8 Å². The summed E-state index contributed by atoms with van der Waals surface area (Å²) >= 11 is 7.43. The van der Waals surface area contributed by atoms with Gasteiger partial charge >= 0.3 is 0 Å². The number of hydrogen-bond donors (Lipinski definition) is 2. The number of amides is 2. The molecule has 0 unspecified atom stereocenters. The van der Waals surface area contributed by atoms with Gasteiger partial charge < -0.3 is 4.57 Å². The number of thioether (sulfide) groups is 1. The maximum atomic E-state index is 12.3. The highest BCUT2D eigenvalue weighted by atomic mass is 35.5. The number of hydrogen-bond acceptors (Lipinski definition) is 4. The Morgan fingerprint density at radius 1 is 1.12 bits per heavy atom. The number of fused-ring (bicyclic) bond motifs is 1. The average Bonchev–Trinajstić information content (AvgIpc) is 2.98. The van der Waals surface area contributed by atoms with E-state index in [2.05, 4.69) is 15.8 Å². The Balaban J connectivity index is 1.68. The lowest BCUT2D eigenvalue weighted by Gasteiger charge is -2.10. The number of nitrogens with one attached hydrogen (secondary N) is 2. The van der Waals surface area contributed by atoms with Gasteiger partial charge in [0, 0.05) is 10.6 Å². The number of nitrogens with zero attached hydrogens (tertiary/aromatic N) is 2. The fourth-order valence-corrected chi connectivity index (χ4v) is 3.13. The summed E-state index contributed by atoms with van der Waals surface area (Å²) in [5, 5.41) is 0.541. The molecular weight excluding hydrogens is 372 g/mol. The van der Waals surface area contributed by atoms with Crippen LogP contribution >= 0.6 is 23.4 Å². The first-order chi connectivity index (χ1) is 12.6. The van der Waals surface area contributed by atoms with Crippen molar-refractivity contribution in [2.24, 2.45) is 0 Å². The summed E-state index contributed by atoms with van der Waals surface area (Å²) in [6.07, 6.45) is 1.98. The molecule has 0 aliphatic rings. The molecule has 6 nitrogen and oxygen atoms in total. The first kappa shape index (κ1) is 18.3. The number of carbonyl (C=O) groups excluding carboxylic acids is 2. The van der Waals surface area contributed by atoms with E-state index in [1.54, 1.807) is 36.0 Å².